The Hall–Kier alpha value is -3.90. The summed E-state index contributed by atoms with van der Waals surface area (Å²) in [4.78, 5) is 12.2. The Kier molecular flexibility index (Phi) is 13.0. The summed E-state index contributed by atoms with van der Waals surface area (Å²) >= 11 is 0. The smallest absolute Gasteiger partial charge is 0.143 e. The van der Waals surface area contributed by atoms with E-state index >= 15 is 0 Å². The van der Waals surface area contributed by atoms with Crippen LogP contribution in [0.2, 0.25) is 0 Å². The summed E-state index contributed by atoms with van der Waals surface area (Å²) in [6.45, 7) is 3.73. The first-order chi connectivity index (χ1) is 16.2. The summed E-state index contributed by atoms with van der Waals surface area (Å²) < 4.78 is 0. The van der Waals surface area contributed by atoms with Gasteiger partial charge in [-0.1, -0.05) is 42.5 Å². The largest absolute Gasteiger partial charge is 0.385 e. The molecule has 0 aliphatic heterocycles. The van der Waals surface area contributed by atoms with Crippen LogP contribution in [0.25, 0.3) is 22.3 Å². The monoisotopic (exact) mass is 447 g/mol. The Balaban J connectivity index is 0.000000705. The first-order valence-electron chi connectivity index (χ1n) is 10.4. The minimum atomic E-state index is 0.727. The molecule has 4 aromatic rings. The molecule has 8 heteroatoms. The second-order valence-electron chi connectivity index (χ2n) is 6.61. The first kappa shape index (κ1) is 27.1. The van der Waals surface area contributed by atoms with E-state index in [1.54, 1.807) is 6.33 Å². The van der Waals surface area contributed by atoms with Gasteiger partial charge in [0.25, 0.3) is 0 Å². The number of hydrogen-bond acceptors (Lipinski definition) is 7. The van der Waals surface area contributed by atoms with Gasteiger partial charge in [-0.2, -0.15) is 0 Å². The molecule has 4 rings (SSSR count). The van der Waals surface area contributed by atoms with Crippen LogP contribution in [0.3, 0.4) is 0 Å². The molecular formula is C25H33N7O. The highest BCUT2D eigenvalue weighted by atomic mass is 16.4. The van der Waals surface area contributed by atoms with E-state index in [4.69, 9.17) is 5.21 Å². The number of fused-ring (bicyclic) bond motifs is 1. The second kappa shape index (κ2) is 15.8. The maximum absolute atomic E-state index is 6.50. The highest BCUT2D eigenvalue weighted by Crippen LogP contribution is 2.27. The molecular weight excluding hydrogens is 414 g/mol. The second-order valence-corrected chi connectivity index (χ2v) is 6.61. The van der Waals surface area contributed by atoms with Gasteiger partial charge in [0, 0.05) is 24.5 Å². The summed E-state index contributed by atoms with van der Waals surface area (Å²) in [7, 11) is 3.75. The predicted octanol–water partition coefficient (Wildman–Crippen LogP) is 4.09. The molecule has 0 fully saturated rings. The third-order valence-corrected chi connectivity index (χ3v) is 4.31. The molecule has 2 aromatic carbocycles. The van der Waals surface area contributed by atoms with E-state index in [0.717, 1.165) is 46.9 Å². The van der Waals surface area contributed by atoms with Crippen molar-refractivity contribution in [3.05, 3.63) is 72.6 Å². The van der Waals surface area contributed by atoms with Crippen molar-refractivity contribution in [3.8, 4) is 24.1 Å². The summed E-state index contributed by atoms with van der Waals surface area (Å²) in [5.41, 5.74) is 5.33. The highest BCUT2D eigenvalue weighted by Gasteiger charge is 2.09. The van der Waals surface area contributed by atoms with E-state index in [0.29, 0.717) is 0 Å². The molecule has 2 heterocycles. The molecule has 0 bridgehead atoms. The number of benzene rings is 2. The third-order valence-electron chi connectivity index (χ3n) is 4.31. The summed E-state index contributed by atoms with van der Waals surface area (Å²) in [6.07, 6.45) is 9.59. The van der Waals surface area contributed by atoms with Gasteiger partial charge in [-0.15, -0.1) is 12.8 Å². The predicted molar refractivity (Wildman–Crippen MR) is 138 cm³/mol. The normalized spacial score (nSPS) is 9.30. The third kappa shape index (κ3) is 8.27. The number of anilines is 2. The number of aromatic amines is 1. The van der Waals surface area contributed by atoms with Crippen LogP contribution in [0.5, 0.6) is 0 Å². The molecule has 0 atom stereocenters. The minimum Gasteiger partial charge on any atom is -0.385 e. The van der Waals surface area contributed by atoms with Crippen LogP contribution in [0.4, 0.5) is 11.5 Å². The van der Waals surface area contributed by atoms with Crippen molar-refractivity contribution < 1.29 is 5.21 Å². The lowest BCUT2D eigenvalue weighted by Gasteiger charge is -2.06. The number of nitrogens with zero attached hydrogens (tertiary/aromatic N) is 2. The molecule has 174 valence electrons. The van der Waals surface area contributed by atoms with Crippen molar-refractivity contribution in [1.29, 1.82) is 0 Å². The van der Waals surface area contributed by atoms with Crippen LogP contribution in [0, 0.1) is 12.8 Å². The van der Waals surface area contributed by atoms with Crippen molar-refractivity contribution in [3.63, 3.8) is 0 Å². The quantitative estimate of drug-likeness (QED) is 0.194. The molecule has 0 spiro atoms. The van der Waals surface area contributed by atoms with Gasteiger partial charge in [0.2, 0.25) is 0 Å². The Labute approximate surface area is 195 Å². The minimum absolute atomic E-state index is 0.727. The number of nitrogens with two attached hydrogens (primary N) is 1. The van der Waals surface area contributed by atoms with E-state index in [9.17, 15) is 0 Å². The van der Waals surface area contributed by atoms with Gasteiger partial charge in [-0.3, -0.25) is 0 Å². The number of nitrogens with one attached hydrogen (secondary N) is 4. The molecule has 33 heavy (non-hydrogen) atoms. The fraction of sp³-hybridized carbons (Fsp3) is 0.200. The molecule has 2 aromatic heterocycles. The highest BCUT2D eigenvalue weighted by molar-refractivity contribution is 5.91. The van der Waals surface area contributed by atoms with Crippen LogP contribution < -0.4 is 21.8 Å². The van der Waals surface area contributed by atoms with Crippen molar-refractivity contribution in [2.45, 2.75) is 13.5 Å². The number of hydrogen-bond donors (Lipinski definition) is 6. The standard InChI is InChI=1S/C21H21N5.C2H7N.C2H2.H3NO/c1-2-22-17-10-8-16(9-11-17)19-12-18-20(24-14-25-21(18)26-19)23-13-15-6-4-3-5-7-15;1-3-2;2*1-2/h3-12,14,22H,2,13H2,1H3,(H2,23,24,25,26);3H,1-2H3;1-2H;2H,1H2. The lowest BCUT2D eigenvalue weighted by atomic mass is 10.1. The van der Waals surface area contributed by atoms with Crippen molar-refractivity contribution in [2.75, 3.05) is 31.3 Å². The molecule has 0 unspecified atom stereocenters. The van der Waals surface area contributed by atoms with Gasteiger partial charge in [0.1, 0.15) is 17.8 Å². The van der Waals surface area contributed by atoms with Crippen LogP contribution >= 0.6 is 0 Å². The van der Waals surface area contributed by atoms with Gasteiger partial charge in [-0.25, -0.2) is 15.9 Å². The molecule has 0 saturated carbocycles. The van der Waals surface area contributed by atoms with Crippen molar-refractivity contribution in [2.24, 2.45) is 5.90 Å². The number of rotatable bonds is 6. The molecule has 0 aliphatic rings. The average molecular weight is 448 g/mol. The maximum atomic E-state index is 6.50. The zero-order valence-electron chi connectivity index (χ0n) is 19.3. The van der Waals surface area contributed by atoms with Crippen molar-refractivity contribution in [1.82, 2.24) is 20.3 Å². The Morgan fingerprint density at radius 2 is 1.58 bits per heavy atom. The van der Waals surface area contributed by atoms with Crippen LogP contribution in [0.1, 0.15) is 12.5 Å². The van der Waals surface area contributed by atoms with Crippen LogP contribution in [-0.2, 0) is 6.54 Å². The Bertz CT molecular complexity index is 1060. The number of terminal acetylenes is 1. The van der Waals surface area contributed by atoms with E-state index in [-0.39, 0.29) is 0 Å². The summed E-state index contributed by atoms with van der Waals surface area (Å²) in [5.74, 6) is 4.34. The van der Waals surface area contributed by atoms with Crippen molar-refractivity contribution >= 4 is 22.5 Å². The number of H-pyrrole nitrogens is 1. The Morgan fingerprint density at radius 3 is 2.18 bits per heavy atom. The molecule has 0 amide bonds. The van der Waals surface area contributed by atoms with Crippen LogP contribution in [0.15, 0.2) is 67.0 Å². The van der Waals surface area contributed by atoms with Gasteiger partial charge >= 0.3 is 0 Å². The Morgan fingerprint density at radius 1 is 0.939 bits per heavy atom. The molecule has 0 saturated heterocycles. The lowest BCUT2D eigenvalue weighted by molar-refractivity contribution is 0.311. The maximum Gasteiger partial charge on any atom is 0.143 e. The van der Waals surface area contributed by atoms with Gasteiger partial charge in [0.05, 0.1) is 5.39 Å². The van der Waals surface area contributed by atoms with Gasteiger partial charge < -0.3 is 26.1 Å². The van der Waals surface area contributed by atoms with E-state index in [1.807, 2.05) is 32.3 Å². The first-order valence-corrected chi connectivity index (χ1v) is 10.4. The SMILES string of the molecule is C#C.CCNc1ccc(-c2cc3c(NCc4ccccc4)ncnc3[nH]2)cc1.CNC.NO. The fourth-order valence-electron chi connectivity index (χ4n) is 2.99. The van der Waals surface area contributed by atoms with E-state index in [1.165, 1.54) is 5.56 Å². The topological polar surface area (TPSA) is 124 Å². The zero-order valence-corrected chi connectivity index (χ0v) is 19.3. The van der Waals surface area contributed by atoms with E-state index in [2.05, 4.69) is 99.0 Å². The molecule has 8 nitrogen and oxygen atoms in total. The zero-order chi connectivity index (χ0) is 24.5. The van der Waals surface area contributed by atoms with Gasteiger partial charge in [0.15, 0.2) is 0 Å². The lowest BCUT2D eigenvalue weighted by Crippen LogP contribution is -2.01. The number of aromatic nitrogens is 3. The molecule has 7 N–H and O–H groups in total. The van der Waals surface area contributed by atoms with E-state index < -0.39 is 0 Å². The fourth-order valence-corrected chi connectivity index (χ4v) is 2.99. The average Bonchev–Trinajstić information content (AvgIpc) is 3.32. The van der Waals surface area contributed by atoms with Crippen LogP contribution in [-0.4, -0.2) is 40.8 Å². The molecule has 0 radical (unpaired) electrons. The van der Waals surface area contributed by atoms with Gasteiger partial charge in [-0.05, 0) is 50.3 Å². The summed E-state index contributed by atoms with van der Waals surface area (Å²) in [5, 5.41) is 17.0. The summed E-state index contributed by atoms with van der Waals surface area (Å²) in [6, 6.07) is 20.8. The molecule has 0 aliphatic carbocycles.